The van der Waals surface area contributed by atoms with Crippen LogP contribution >= 0.6 is 0 Å². The molecule has 0 heterocycles. The Kier molecular flexibility index (Phi) is 16.6. The van der Waals surface area contributed by atoms with Crippen molar-refractivity contribution >= 4 is 101 Å². The smallest absolute Gasteiger partial charge is 0.423 e. The molecule has 0 saturated carbocycles. The van der Waals surface area contributed by atoms with Crippen molar-refractivity contribution in [3.8, 4) is 0 Å². The van der Waals surface area contributed by atoms with Crippen molar-refractivity contribution < 1.29 is 48.1 Å². The lowest BCUT2D eigenvalue weighted by Crippen LogP contribution is -2.83. The molecule has 0 aromatic carbocycles. The summed E-state index contributed by atoms with van der Waals surface area (Å²) in [5.41, 5.74) is -2.71. The summed E-state index contributed by atoms with van der Waals surface area (Å²) >= 11 is 0. The Hall–Kier alpha value is 1.95. The summed E-state index contributed by atoms with van der Waals surface area (Å²) in [6, 6.07) is 0. The Morgan fingerprint density at radius 3 is 1.17 bits per heavy atom. The molecule has 3 atom stereocenters. The maximum Gasteiger partial charge on any atom is 0.645 e. The normalized spacial score (nSPS) is 20.3. The topological polar surface area (TPSA) is 113 Å². The molecule has 0 fully saturated rings. The second-order valence-corrected chi connectivity index (χ2v) is 48.8. The minimum Gasteiger partial charge on any atom is -0.423 e. The molecule has 0 radical (unpaired) electrons. The molecule has 0 bridgehead atoms. The van der Waals surface area contributed by atoms with Crippen molar-refractivity contribution in [3.05, 3.63) is 0 Å². The molecular weight excluding hydrogens is 773 g/mol. The molecule has 0 aromatic heterocycles. The van der Waals surface area contributed by atoms with Crippen LogP contribution in [0.15, 0.2) is 0 Å². The molecule has 0 rings (SSSR count). The average molecular weight is 846 g/mol. The van der Waals surface area contributed by atoms with Gasteiger partial charge in [-0.25, -0.2) is 0 Å². The predicted molar refractivity (Wildman–Crippen MR) is 219 cm³/mol. The Morgan fingerprint density at radius 2 is 0.913 bits per heavy atom. The zero-order chi connectivity index (χ0) is 37.3. The van der Waals surface area contributed by atoms with Gasteiger partial charge in [-0.15, -0.1) is 0 Å². The highest BCUT2D eigenvalue weighted by molar-refractivity contribution is 6.92. The first-order valence-electron chi connectivity index (χ1n) is 16.1. The molecule has 46 heavy (non-hydrogen) atoms. The maximum atomic E-state index is 13.1. The second-order valence-electron chi connectivity index (χ2n) is 17.8. The van der Waals surface area contributed by atoms with E-state index in [0.29, 0.717) is 41.9 Å². The van der Waals surface area contributed by atoms with Crippen LogP contribution in [0.2, 0.25) is 90.1 Å². The molecule has 22 heteroatoms. The van der Waals surface area contributed by atoms with Gasteiger partial charge >= 0.3 is 17.4 Å². The Bertz CT molecular complexity index is 949. The third-order valence-electron chi connectivity index (χ3n) is 7.47. The fourth-order valence-corrected chi connectivity index (χ4v) is 37.3. The van der Waals surface area contributed by atoms with E-state index in [1.54, 1.807) is 0 Å². The molecule has 3 unspecified atom stereocenters. The van der Waals surface area contributed by atoms with Gasteiger partial charge in [0, 0.05) is 0 Å². The fraction of sp³-hybridized carbons (Fsp3) is 1.00. The highest BCUT2D eigenvalue weighted by atomic mass is 28.5. The molecule has 0 aliphatic heterocycles. The van der Waals surface area contributed by atoms with Gasteiger partial charge in [-0.2, -0.15) is 0 Å². The maximum absolute atomic E-state index is 13.1. The van der Waals surface area contributed by atoms with Crippen LogP contribution in [-0.4, -0.2) is 128 Å². The zero-order valence-corrected chi connectivity index (χ0v) is 48.7. The van der Waals surface area contributed by atoms with Gasteiger partial charge in [-0.1, -0.05) is 20.8 Å². The van der Waals surface area contributed by atoms with E-state index in [0.717, 1.165) is 0 Å². The highest BCUT2D eigenvalue weighted by Crippen LogP contribution is 2.54. The van der Waals surface area contributed by atoms with Crippen molar-refractivity contribution in [1.29, 1.82) is 0 Å². The summed E-state index contributed by atoms with van der Waals surface area (Å²) in [6.07, 6.45) is 0.225. The molecule has 0 aliphatic rings. The SMILES string of the molecule is CC(O[Si](C)(C)C)(O[Si](C)(C)C)[Si](C)(CO[Si](C)(C)C)O[Si](O)(O[Si](C)(C)C)O[Si](C(C)(C)C)(C(C)(C)O[SiH3])C(O[SiH3])(O[SiH3])O[SiH3]. The van der Waals surface area contributed by atoms with Gasteiger partial charge in [0.15, 0.2) is 70.1 Å². The van der Waals surface area contributed by atoms with E-state index in [4.69, 9.17) is 43.3 Å². The van der Waals surface area contributed by atoms with Gasteiger partial charge < -0.3 is 48.1 Å². The van der Waals surface area contributed by atoms with E-state index >= 15 is 0 Å². The average Bonchev–Trinajstić information content (AvgIpc) is 2.78. The fourth-order valence-electron chi connectivity index (χ4n) is 5.83. The number of hydrogen-bond donors (Lipinski definition) is 1. The summed E-state index contributed by atoms with van der Waals surface area (Å²) in [6.45, 7) is 39.4. The first-order valence-corrected chi connectivity index (χ1v) is 39.2. The molecule has 1 N–H and O–H groups in total. The third kappa shape index (κ3) is 12.3. The summed E-state index contributed by atoms with van der Waals surface area (Å²) in [5.74, 6) is 0. The first kappa shape index (κ1) is 47.9. The molecule has 0 amide bonds. The molecule has 278 valence electrons. The lowest BCUT2D eigenvalue weighted by molar-refractivity contribution is -0.208. The van der Waals surface area contributed by atoms with Gasteiger partial charge in [0.05, 0.1) is 11.5 Å². The molecule has 0 saturated heterocycles. The summed E-state index contributed by atoms with van der Waals surface area (Å²) in [5, 5.41) is -1.59. The number of hydrogen-bond acceptors (Lipinski definition) is 11. The van der Waals surface area contributed by atoms with Gasteiger partial charge in [-0.3, -0.25) is 0 Å². The Labute approximate surface area is 301 Å². The highest BCUT2D eigenvalue weighted by Gasteiger charge is 2.77. The monoisotopic (exact) mass is 844 g/mol. The summed E-state index contributed by atoms with van der Waals surface area (Å²) in [7, 11) is -19.7. The number of rotatable bonds is 20. The summed E-state index contributed by atoms with van der Waals surface area (Å²) < 4.78 is 67.4. The van der Waals surface area contributed by atoms with E-state index < -0.39 is 80.2 Å². The van der Waals surface area contributed by atoms with Crippen LogP contribution in [0, 0.1) is 0 Å². The van der Waals surface area contributed by atoms with E-state index in [1.807, 2.05) is 47.0 Å². The van der Waals surface area contributed by atoms with Crippen molar-refractivity contribution in [2.45, 2.75) is 148 Å². The Morgan fingerprint density at radius 1 is 0.522 bits per heavy atom. The lowest BCUT2D eigenvalue weighted by Gasteiger charge is -2.60. The largest absolute Gasteiger partial charge is 0.645 e. The second kappa shape index (κ2) is 15.9. The van der Waals surface area contributed by atoms with Crippen LogP contribution in [0.25, 0.3) is 0 Å². The van der Waals surface area contributed by atoms with Crippen molar-refractivity contribution in [1.82, 2.24) is 0 Å². The van der Waals surface area contributed by atoms with Crippen molar-refractivity contribution in [2.75, 3.05) is 6.23 Å². The minimum atomic E-state index is -4.67. The van der Waals surface area contributed by atoms with Gasteiger partial charge in [-0.05, 0) is 111 Å². The summed E-state index contributed by atoms with van der Waals surface area (Å²) in [4.78, 5) is 13.1. The lowest BCUT2D eigenvalue weighted by atomic mass is 10.2. The van der Waals surface area contributed by atoms with E-state index in [1.165, 1.54) is 0 Å². The first-order chi connectivity index (χ1) is 20.0. The quantitative estimate of drug-likeness (QED) is 0.143. The standard InChI is InChI=1S/C24H72O11Si11/c1-21(2,3)45(22(4,5)27-36,24(28-37,29-38)30-39)35-46(25,33-43(16,17)18)34-44(19,20-26-40(7,8)9)23(6,31-41(10,11)12)32-42(13,14)15/h25H,20H2,1-19,36-39H3. The molecule has 11 nitrogen and oxygen atoms in total. The van der Waals surface area contributed by atoms with Crippen molar-refractivity contribution in [3.63, 3.8) is 0 Å². The van der Waals surface area contributed by atoms with Crippen LogP contribution in [-0.2, 0) is 43.3 Å². The molecule has 0 spiro atoms. The molecular formula is C24H72O11Si11. The van der Waals surface area contributed by atoms with Crippen molar-refractivity contribution in [2.24, 2.45) is 0 Å². The van der Waals surface area contributed by atoms with E-state index in [2.05, 4.69) is 79.7 Å². The molecule has 0 aliphatic carbocycles. The minimum absolute atomic E-state index is 0.225. The van der Waals surface area contributed by atoms with Crippen LogP contribution in [0.4, 0.5) is 0 Å². The Balaban J connectivity index is 8.18. The van der Waals surface area contributed by atoms with Crippen LogP contribution < -0.4 is 0 Å². The zero-order valence-electron chi connectivity index (χ0n) is 33.7. The third-order valence-corrected chi connectivity index (χ3v) is 32.3. The van der Waals surface area contributed by atoms with Gasteiger partial charge in [0.2, 0.25) is 0 Å². The van der Waals surface area contributed by atoms with Crippen LogP contribution in [0.3, 0.4) is 0 Å². The van der Waals surface area contributed by atoms with Crippen LogP contribution in [0.1, 0.15) is 41.5 Å². The predicted octanol–water partition coefficient (Wildman–Crippen LogP) is 1.67. The van der Waals surface area contributed by atoms with Crippen LogP contribution in [0.5, 0.6) is 0 Å². The van der Waals surface area contributed by atoms with Gasteiger partial charge in [0.1, 0.15) is 10.5 Å². The van der Waals surface area contributed by atoms with E-state index in [9.17, 15) is 4.80 Å². The van der Waals surface area contributed by atoms with Gasteiger partial charge in [0.25, 0.3) is 13.9 Å². The molecule has 0 aromatic rings. The van der Waals surface area contributed by atoms with E-state index in [-0.39, 0.29) is 6.23 Å².